The first-order valence-electron chi connectivity index (χ1n) is 14.8. The van der Waals surface area contributed by atoms with Gasteiger partial charge in [0.1, 0.15) is 0 Å². The van der Waals surface area contributed by atoms with Crippen LogP contribution in [0.15, 0.2) is 48.2 Å². The Kier molecular flexibility index (Phi) is 9.58. The van der Waals surface area contributed by atoms with E-state index in [0.717, 1.165) is 61.2 Å². The zero-order valence-electron chi connectivity index (χ0n) is 23.8. The van der Waals surface area contributed by atoms with E-state index in [9.17, 15) is 4.79 Å². The number of pyridine rings is 2. The highest BCUT2D eigenvalue weighted by Crippen LogP contribution is 2.47. The lowest BCUT2D eigenvalue weighted by atomic mass is 9.71. The molecule has 2 N–H and O–H groups in total. The molecule has 6 nitrogen and oxygen atoms in total. The van der Waals surface area contributed by atoms with E-state index < -0.39 is 0 Å². The van der Waals surface area contributed by atoms with Crippen LogP contribution in [0.25, 0.3) is 10.9 Å². The van der Waals surface area contributed by atoms with E-state index in [1.54, 1.807) is 13.3 Å². The van der Waals surface area contributed by atoms with Crippen molar-refractivity contribution in [1.29, 1.82) is 0 Å². The number of rotatable bonds is 13. The molecule has 2 unspecified atom stereocenters. The van der Waals surface area contributed by atoms with Gasteiger partial charge < -0.3 is 15.4 Å². The van der Waals surface area contributed by atoms with Crippen LogP contribution in [-0.2, 0) is 17.8 Å². The molecule has 2 aliphatic carbocycles. The van der Waals surface area contributed by atoms with Crippen molar-refractivity contribution >= 4 is 34.1 Å². The molecule has 1 aromatic carbocycles. The van der Waals surface area contributed by atoms with Gasteiger partial charge in [-0.05, 0) is 80.7 Å². The van der Waals surface area contributed by atoms with Crippen LogP contribution in [0.4, 0.5) is 5.69 Å². The summed E-state index contributed by atoms with van der Waals surface area (Å²) in [5.41, 5.74) is 7.49. The zero-order chi connectivity index (χ0) is 27.9. The molecular weight excluding hydrogens is 520 g/mol. The zero-order valence-corrected chi connectivity index (χ0v) is 24.5. The van der Waals surface area contributed by atoms with E-state index in [1.165, 1.54) is 47.2 Å². The van der Waals surface area contributed by atoms with Gasteiger partial charge in [0.05, 0.1) is 12.6 Å². The SMILES string of the molecule is COc1cc(CNC(=O)CCCCCCCCNc2c3c(nc4cc(Cl)ccc24)CC2C=C(C)CC3C2)ccn1. The quantitative estimate of drug-likeness (QED) is 0.165. The number of carbonyl (C=O) groups excluding carboxylic acids is 1. The lowest BCUT2D eigenvalue weighted by molar-refractivity contribution is -0.121. The minimum atomic E-state index is 0.101. The molecule has 2 heterocycles. The van der Waals surface area contributed by atoms with Crippen molar-refractivity contribution in [3.63, 3.8) is 0 Å². The summed E-state index contributed by atoms with van der Waals surface area (Å²) in [5, 5.41) is 8.76. The highest BCUT2D eigenvalue weighted by molar-refractivity contribution is 6.31. The fraction of sp³-hybridized carbons (Fsp3) is 0.485. The second-order valence-corrected chi connectivity index (χ2v) is 11.8. The smallest absolute Gasteiger partial charge is 0.220 e. The Bertz CT molecular complexity index is 1370. The maximum Gasteiger partial charge on any atom is 0.220 e. The summed E-state index contributed by atoms with van der Waals surface area (Å²) in [6, 6.07) is 9.86. The number of anilines is 1. The second kappa shape index (κ2) is 13.5. The van der Waals surface area contributed by atoms with E-state index in [1.807, 2.05) is 24.3 Å². The van der Waals surface area contributed by atoms with Gasteiger partial charge in [0.2, 0.25) is 11.8 Å². The number of allylic oxidation sites excluding steroid dienone is 2. The monoisotopic (exact) mass is 560 g/mol. The van der Waals surface area contributed by atoms with Gasteiger partial charge in [-0.25, -0.2) is 4.98 Å². The predicted molar refractivity (Wildman–Crippen MR) is 163 cm³/mol. The van der Waals surface area contributed by atoms with E-state index in [0.29, 0.717) is 30.7 Å². The standard InChI is InChI=1S/C33H41ClN4O2/c1-22-15-24-17-25(16-22)32-29(18-24)38-28-20-26(34)10-11-27(28)33(32)36-13-8-6-4-3-5-7-9-30(39)37-21-23-12-14-35-31(19-23)40-2/h10-12,14-15,19-20,24-25H,3-9,13,16-18,21H2,1-2H3,(H,36,38)(H,37,39). The molecule has 3 aromatic rings. The number of aromatic nitrogens is 2. The van der Waals surface area contributed by atoms with Gasteiger partial charge in [-0.1, -0.05) is 48.9 Å². The van der Waals surface area contributed by atoms with Crippen LogP contribution < -0.4 is 15.4 Å². The van der Waals surface area contributed by atoms with Crippen molar-refractivity contribution in [2.24, 2.45) is 5.92 Å². The number of nitrogens with zero attached hydrogens (tertiary/aromatic N) is 2. The fourth-order valence-electron chi connectivity index (χ4n) is 6.37. The number of halogens is 1. The molecular formula is C33H41ClN4O2. The predicted octanol–water partition coefficient (Wildman–Crippen LogP) is 7.75. The number of methoxy groups -OCH3 is 1. The van der Waals surface area contributed by atoms with Crippen molar-refractivity contribution in [3.8, 4) is 5.88 Å². The third-order valence-corrected chi connectivity index (χ3v) is 8.47. The third-order valence-electron chi connectivity index (χ3n) is 8.23. The Labute approximate surface area is 243 Å². The average molecular weight is 561 g/mol. The topological polar surface area (TPSA) is 76.1 Å². The maximum atomic E-state index is 12.2. The molecule has 0 saturated heterocycles. The van der Waals surface area contributed by atoms with Gasteiger partial charge in [0, 0.05) is 59.1 Å². The molecule has 0 fully saturated rings. The molecule has 2 bridgehead atoms. The van der Waals surface area contributed by atoms with Crippen molar-refractivity contribution in [3.05, 3.63) is 70.0 Å². The average Bonchev–Trinajstić information content (AvgIpc) is 2.94. The van der Waals surface area contributed by atoms with Gasteiger partial charge in [0.25, 0.3) is 0 Å². The van der Waals surface area contributed by atoms with Crippen LogP contribution in [0.5, 0.6) is 5.88 Å². The van der Waals surface area contributed by atoms with Gasteiger partial charge in [-0.3, -0.25) is 9.78 Å². The Morgan fingerprint density at radius 2 is 1.90 bits per heavy atom. The summed E-state index contributed by atoms with van der Waals surface area (Å²) in [6.45, 7) is 3.74. The molecule has 0 radical (unpaired) electrons. The number of hydrogen-bond donors (Lipinski definition) is 2. The van der Waals surface area contributed by atoms with Crippen LogP contribution in [0.1, 0.15) is 87.4 Å². The maximum absolute atomic E-state index is 12.2. The van der Waals surface area contributed by atoms with Crippen molar-refractivity contribution in [2.75, 3.05) is 19.0 Å². The van der Waals surface area contributed by atoms with Crippen molar-refractivity contribution in [1.82, 2.24) is 15.3 Å². The molecule has 2 aromatic heterocycles. The van der Waals surface area contributed by atoms with Crippen LogP contribution in [-0.4, -0.2) is 29.5 Å². The molecule has 1 amide bonds. The molecule has 0 aliphatic heterocycles. The molecule has 2 aliphatic rings. The molecule has 2 atom stereocenters. The first-order chi connectivity index (χ1) is 19.5. The highest BCUT2D eigenvalue weighted by atomic mass is 35.5. The second-order valence-electron chi connectivity index (χ2n) is 11.4. The van der Waals surface area contributed by atoms with E-state index in [4.69, 9.17) is 21.3 Å². The number of amides is 1. The minimum absolute atomic E-state index is 0.101. The summed E-state index contributed by atoms with van der Waals surface area (Å²) in [7, 11) is 1.59. The van der Waals surface area contributed by atoms with Gasteiger partial charge in [0.15, 0.2) is 0 Å². The van der Waals surface area contributed by atoms with Gasteiger partial charge in [-0.2, -0.15) is 0 Å². The molecule has 7 heteroatoms. The first kappa shape index (κ1) is 28.4. The van der Waals surface area contributed by atoms with Gasteiger partial charge >= 0.3 is 0 Å². The summed E-state index contributed by atoms with van der Waals surface area (Å²) < 4.78 is 5.14. The first-order valence-corrected chi connectivity index (χ1v) is 15.2. The highest BCUT2D eigenvalue weighted by Gasteiger charge is 2.33. The fourth-order valence-corrected chi connectivity index (χ4v) is 6.53. The lowest BCUT2D eigenvalue weighted by Gasteiger charge is -2.36. The minimum Gasteiger partial charge on any atom is -0.481 e. The molecule has 5 rings (SSSR count). The molecule has 0 saturated carbocycles. The summed E-state index contributed by atoms with van der Waals surface area (Å²) in [4.78, 5) is 21.4. The summed E-state index contributed by atoms with van der Waals surface area (Å²) >= 11 is 6.34. The number of ether oxygens (including phenoxy) is 1. The Hall–Kier alpha value is -3.12. The van der Waals surface area contributed by atoms with E-state index in [-0.39, 0.29) is 5.91 Å². The summed E-state index contributed by atoms with van der Waals surface area (Å²) in [6.07, 6.45) is 14.8. The molecule has 0 spiro atoms. The number of hydrogen-bond acceptors (Lipinski definition) is 5. The number of fused-ring (bicyclic) bond motifs is 5. The number of unbranched alkanes of at least 4 members (excludes halogenated alkanes) is 5. The third kappa shape index (κ3) is 7.14. The van der Waals surface area contributed by atoms with E-state index in [2.05, 4.69) is 34.7 Å². The number of benzene rings is 1. The lowest BCUT2D eigenvalue weighted by Crippen LogP contribution is -2.24. The van der Waals surface area contributed by atoms with Crippen LogP contribution in [0.3, 0.4) is 0 Å². The van der Waals surface area contributed by atoms with Crippen molar-refractivity contribution < 1.29 is 9.53 Å². The Morgan fingerprint density at radius 3 is 2.75 bits per heavy atom. The largest absolute Gasteiger partial charge is 0.481 e. The van der Waals surface area contributed by atoms with Crippen LogP contribution in [0, 0.1) is 5.92 Å². The Balaban J connectivity index is 1.04. The Morgan fingerprint density at radius 1 is 1.07 bits per heavy atom. The van der Waals surface area contributed by atoms with Gasteiger partial charge in [-0.15, -0.1) is 0 Å². The van der Waals surface area contributed by atoms with Crippen LogP contribution in [0.2, 0.25) is 5.02 Å². The molecule has 40 heavy (non-hydrogen) atoms. The number of nitrogens with one attached hydrogen (secondary N) is 2. The molecule has 212 valence electrons. The normalized spacial score (nSPS) is 17.7. The van der Waals surface area contributed by atoms with Crippen LogP contribution >= 0.6 is 11.6 Å². The van der Waals surface area contributed by atoms with Crippen molar-refractivity contribution in [2.45, 2.75) is 83.6 Å². The summed E-state index contributed by atoms with van der Waals surface area (Å²) in [5.74, 6) is 1.83. The number of carbonyl (C=O) groups is 1. The van der Waals surface area contributed by atoms with E-state index >= 15 is 0 Å².